The number of nitrogens with zero attached hydrogens (tertiary/aromatic N) is 1. The van der Waals surface area contributed by atoms with Crippen LogP contribution in [0.1, 0.15) is 37.8 Å². The van der Waals surface area contributed by atoms with Crippen LogP contribution in [0.3, 0.4) is 0 Å². The summed E-state index contributed by atoms with van der Waals surface area (Å²) in [5.74, 6) is 0.200. The van der Waals surface area contributed by atoms with Gasteiger partial charge < -0.3 is 10.2 Å². The first-order chi connectivity index (χ1) is 12.4. The number of halogens is 1. The van der Waals surface area contributed by atoms with Crippen molar-refractivity contribution in [3.8, 4) is 0 Å². The molecular formula is C21H25ClN2O2. The number of nitrogens with one attached hydrogen (secondary N) is 1. The Bertz CT molecular complexity index is 757. The predicted octanol–water partition coefficient (Wildman–Crippen LogP) is 4.18. The quantitative estimate of drug-likeness (QED) is 0.792. The molecule has 0 spiro atoms. The molecule has 26 heavy (non-hydrogen) atoms. The van der Waals surface area contributed by atoms with Gasteiger partial charge in [0, 0.05) is 30.7 Å². The fourth-order valence-corrected chi connectivity index (χ4v) is 2.95. The fraction of sp³-hybridized carbons (Fsp3) is 0.333. The molecule has 0 saturated heterocycles. The molecule has 4 nitrogen and oxygen atoms in total. The Balaban J connectivity index is 1.96. The number of carbonyl (C=O) groups is 2. The normalized spacial score (nSPS) is 10.7. The molecule has 138 valence electrons. The molecule has 0 aliphatic carbocycles. The van der Waals surface area contributed by atoms with Crippen molar-refractivity contribution < 1.29 is 9.59 Å². The first-order valence-electron chi connectivity index (χ1n) is 8.76. The number of hydrogen-bond acceptors (Lipinski definition) is 2. The highest BCUT2D eigenvalue weighted by molar-refractivity contribution is 6.30. The molecule has 1 N–H and O–H groups in total. The van der Waals surface area contributed by atoms with Crippen molar-refractivity contribution in [2.75, 3.05) is 18.0 Å². The fourth-order valence-electron chi connectivity index (χ4n) is 2.83. The van der Waals surface area contributed by atoms with Crippen LogP contribution in [-0.4, -0.2) is 24.9 Å². The van der Waals surface area contributed by atoms with Gasteiger partial charge in [0.2, 0.25) is 11.8 Å². The van der Waals surface area contributed by atoms with Gasteiger partial charge in [0.05, 0.1) is 6.42 Å². The first-order valence-corrected chi connectivity index (χ1v) is 9.14. The van der Waals surface area contributed by atoms with E-state index >= 15 is 0 Å². The molecule has 2 aromatic rings. The van der Waals surface area contributed by atoms with E-state index in [-0.39, 0.29) is 11.8 Å². The number of para-hydroxylation sites is 1. The zero-order valence-electron chi connectivity index (χ0n) is 15.5. The third-order valence-corrected chi connectivity index (χ3v) is 4.42. The van der Waals surface area contributed by atoms with Crippen LogP contribution < -0.4 is 10.2 Å². The zero-order valence-corrected chi connectivity index (χ0v) is 16.2. The summed E-state index contributed by atoms with van der Waals surface area (Å²) in [4.78, 5) is 26.0. The van der Waals surface area contributed by atoms with Gasteiger partial charge in [-0.25, -0.2) is 0 Å². The molecule has 0 heterocycles. The Morgan fingerprint density at radius 2 is 1.73 bits per heavy atom. The van der Waals surface area contributed by atoms with Crippen LogP contribution in [0.5, 0.6) is 0 Å². The summed E-state index contributed by atoms with van der Waals surface area (Å²) in [5, 5.41) is 3.53. The van der Waals surface area contributed by atoms with Gasteiger partial charge in [0.1, 0.15) is 0 Å². The second kappa shape index (κ2) is 9.39. The molecule has 0 radical (unpaired) electrons. The van der Waals surface area contributed by atoms with Crippen molar-refractivity contribution in [1.82, 2.24) is 5.32 Å². The zero-order chi connectivity index (χ0) is 19.1. The van der Waals surface area contributed by atoms with E-state index in [0.717, 1.165) is 16.8 Å². The highest BCUT2D eigenvalue weighted by Crippen LogP contribution is 2.27. The van der Waals surface area contributed by atoms with E-state index in [0.29, 0.717) is 30.5 Å². The van der Waals surface area contributed by atoms with E-state index in [1.54, 1.807) is 24.0 Å². The molecule has 0 aromatic heterocycles. The maximum atomic E-state index is 12.1. The smallest absolute Gasteiger partial charge is 0.224 e. The van der Waals surface area contributed by atoms with Crippen LogP contribution in [0, 0.1) is 0 Å². The third kappa shape index (κ3) is 5.60. The summed E-state index contributed by atoms with van der Waals surface area (Å²) in [7, 11) is 0. The maximum absolute atomic E-state index is 12.1. The molecule has 0 aliphatic rings. The van der Waals surface area contributed by atoms with Gasteiger partial charge in [-0.15, -0.1) is 0 Å². The summed E-state index contributed by atoms with van der Waals surface area (Å²) < 4.78 is 0. The number of benzene rings is 2. The lowest BCUT2D eigenvalue weighted by molar-refractivity contribution is -0.121. The minimum atomic E-state index is -0.0760. The Labute approximate surface area is 160 Å². The van der Waals surface area contributed by atoms with E-state index in [9.17, 15) is 9.59 Å². The van der Waals surface area contributed by atoms with E-state index in [4.69, 9.17) is 11.6 Å². The molecule has 0 aliphatic heterocycles. The number of carbonyl (C=O) groups excluding carboxylic acids is 2. The predicted molar refractivity (Wildman–Crippen MR) is 107 cm³/mol. The minimum Gasteiger partial charge on any atom is -0.354 e. The van der Waals surface area contributed by atoms with E-state index in [1.807, 2.05) is 36.4 Å². The average molecular weight is 373 g/mol. The van der Waals surface area contributed by atoms with Crippen LogP contribution in [-0.2, 0) is 16.0 Å². The molecular weight excluding hydrogens is 348 g/mol. The van der Waals surface area contributed by atoms with Crippen LogP contribution in [0.25, 0.3) is 0 Å². The summed E-state index contributed by atoms with van der Waals surface area (Å²) >= 11 is 5.85. The topological polar surface area (TPSA) is 49.4 Å². The van der Waals surface area contributed by atoms with Crippen molar-refractivity contribution >= 4 is 29.1 Å². The molecule has 5 heteroatoms. The number of hydrogen-bond donors (Lipinski definition) is 1. The molecule has 0 saturated carbocycles. The van der Waals surface area contributed by atoms with Crippen molar-refractivity contribution in [2.45, 2.75) is 33.1 Å². The monoisotopic (exact) mass is 372 g/mol. The largest absolute Gasteiger partial charge is 0.354 e. The molecule has 0 bridgehead atoms. The van der Waals surface area contributed by atoms with Gasteiger partial charge in [-0.1, -0.05) is 55.8 Å². The van der Waals surface area contributed by atoms with Crippen molar-refractivity contribution in [3.63, 3.8) is 0 Å². The van der Waals surface area contributed by atoms with Crippen molar-refractivity contribution in [1.29, 1.82) is 0 Å². The molecule has 0 unspecified atom stereocenters. The highest BCUT2D eigenvalue weighted by atomic mass is 35.5. The number of anilines is 1. The molecule has 2 aromatic carbocycles. The summed E-state index contributed by atoms with van der Waals surface area (Å²) in [6.45, 7) is 6.59. The Morgan fingerprint density at radius 1 is 1.08 bits per heavy atom. The lowest BCUT2D eigenvalue weighted by Crippen LogP contribution is -2.38. The number of rotatable bonds is 7. The molecule has 0 atom stereocenters. The second-order valence-corrected chi connectivity index (χ2v) is 6.97. The Hall–Kier alpha value is -2.33. The standard InChI is InChI=1S/C21H25ClN2O2/c1-15(2)19-6-4-5-7-20(19)24(16(3)25)13-12-23-21(26)14-17-8-10-18(22)11-9-17/h4-11,15H,12-14H2,1-3H3,(H,23,26). The summed E-state index contributed by atoms with van der Waals surface area (Å²) in [5.41, 5.74) is 2.93. The maximum Gasteiger partial charge on any atom is 0.224 e. The minimum absolute atomic E-state index is 0.0370. The first kappa shape index (κ1) is 20.0. The Morgan fingerprint density at radius 3 is 2.35 bits per heavy atom. The van der Waals surface area contributed by atoms with Crippen LogP contribution >= 0.6 is 11.6 Å². The van der Waals surface area contributed by atoms with Gasteiger partial charge in [0.15, 0.2) is 0 Å². The molecule has 0 fully saturated rings. The van der Waals surface area contributed by atoms with E-state index in [1.165, 1.54) is 0 Å². The number of amides is 2. The third-order valence-electron chi connectivity index (χ3n) is 4.17. The van der Waals surface area contributed by atoms with Crippen LogP contribution in [0.15, 0.2) is 48.5 Å². The summed E-state index contributed by atoms with van der Waals surface area (Å²) in [6.07, 6.45) is 0.291. The van der Waals surface area contributed by atoms with Gasteiger partial charge >= 0.3 is 0 Å². The van der Waals surface area contributed by atoms with Gasteiger partial charge in [0.25, 0.3) is 0 Å². The van der Waals surface area contributed by atoms with Crippen LogP contribution in [0.4, 0.5) is 5.69 Å². The summed E-state index contributed by atoms with van der Waals surface area (Å²) in [6, 6.07) is 15.1. The van der Waals surface area contributed by atoms with E-state index in [2.05, 4.69) is 19.2 Å². The van der Waals surface area contributed by atoms with Gasteiger partial charge in [-0.05, 0) is 35.2 Å². The van der Waals surface area contributed by atoms with Gasteiger partial charge in [-0.2, -0.15) is 0 Å². The van der Waals surface area contributed by atoms with Crippen LogP contribution in [0.2, 0.25) is 5.02 Å². The second-order valence-electron chi connectivity index (χ2n) is 6.54. The van der Waals surface area contributed by atoms with Crippen molar-refractivity contribution in [2.24, 2.45) is 0 Å². The lowest BCUT2D eigenvalue weighted by Gasteiger charge is -2.25. The highest BCUT2D eigenvalue weighted by Gasteiger charge is 2.16. The molecule has 2 rings (SSSR count). The Kier molecular flexibility index (Phi) is 7.22. The SMILES string of the molecule is CC(=O)N(CCNC(=O)Cc1ccc(Cl)cc1)c1ccccc1C(C)C. The lowest BCUT2D eigenvalue weighted by atomic mass is 10.0. The molecule has 2 amide bonds. The van der Waals surface area contributed by atoms with Crippen molar-refractivity contribution in [3.05, 3.63) is 64.7 Å². The van der Waals surface area contributed by atoms with Gasteiger partial charge in [-0.3, -0.25) is 9.59 Å². The average Bonchev–Trinajstić information content (AvgIpc) is 2.60. The van der Waals surface area contributed by atoms with E-state index < -0.39 is 0 Å².